The zero-order chi connectivity index (χ0) is 11.7. The molecular weight excluding hydrogens is 156 g/mol. The van der Waals surface area contributed by atoms with Gasteiger partial charge in [-0.25, -0.2) is 0 Å². The van der Waals surface area contributed by atoms with Gasteiger partial charge in [0.1, 0.15) is 0 Å². The Labute approximate surface area is 86.8 Å². The second kappa shape index (κ2) is 42.0. The van der Waals surface area contributed by atoms with Gasteiger partial charge in [-0.05, 0) is 27.2 Å². The lowest BCUT2D eigenvalue weighted by molar-refractivity contribution is 1.09. The van der Waals surface area contributed by atoms with E-state index in [2.05, 4.69) is 33.4 Å². The molecule has 0 rings (SSSR count). The number of allylic oxidation sites excluding steroid dienone is 3. The molecule has 0 unspecified atom stereocenters. The van der Waals surface area contributed by atoms with Crippen LogP contribution in [0, 0.1) is 0 Å². The second-order valence-corrected chi connectivity index (χ2v) is 1.90. The molecule has 0 amide bonds. The molecule has 0 aliphatic carbocycles. The van der Waals surface area contributed by atoms with Crippen molar-refractivity contribution in [1.82, 2.24) is 0 Å². The molecule has 0 heterocycles. The summed E-state index contributed by atoms with van der Waals surface area (Å²) in [6.45, 7) is 19.6. The van der Waals surface area contributed by atoms with Gasteiger partial charge < -0.3 is 0 Å². The van der Waals surface area contributed by atoms with Gasteiger partial charge >= 0.3 is 0 Å². The fourth-order valence-corrected chi connectivity index (χ4v) is 0.204. The first-order chi connectivity index (χ1) is 6.22. The Morgan fingerprint density at radius 1 is 1.08 bits per heavy atom. The molecule has 0 radical (unpaired) electrons. The zero-order valence-corrected chi connectivity index (χ0v) is 11.1. The fourth-order valence-electron chi connectivity index (χ4n) is 0.204. The molecule has 0 aliphatic heterocycles. The fraction of sp³-hybridized carbons (Fsp3) is 0.692. The van der Waals surface area contributed by atoms with Gasteiger partial charge in [-0.15, -0.1) is 6.58 Å². The van der Waals surface area contributed by atoms with Crippen LogP contribution in [-0.4, -0.2) is 0 Å². The number of hydrogen-bond acceptors (Lipinski definition) is 0. The standard InChI is InChI=1S/C6H12.C3H6.2C2H6/c1-4-6(3)5-2;1-3-2;2*1-2/h4H,5H2,1-3H3;3H,1H2,2H3;2*1-2H3/b6-4+;;;. The van der Waals surface area contributed by atoms with Crippen LogP contribution in [0.3, 0.4) is 0 Å². The van der Waals surface area contributed by atoms with Crippen LogP contribution in [0.25, 0.3) is 0 Å². The van der Waals surface area contributed by atoms with Crippen LogP contribution in [0.1, 0.15) is 61.8 Å². The predicted molar refractivity (Wildman–Crippen MR) is 68.3 cm³/mol. The molecule has 0 saturated heterocycles. The van der Waals surface area contributed by atoms with Gasteiger partial charge in [-0.3, -0.25) is 0 Å². The predicted octanol–water partition coefficient (Wildman–Crippen LogP) is 5.61. The molecule has 0 aromatic carbocycles. The van der Waals surface area contributed by atoms with Crippen molar-refractivity contribution in [1.29, 1.82) is 0 Å². The highest BCUT2D eigenvalue weighted by Crippen LogP contribution is 1.94. The molecule has 0 atom stereocenters. The Bertz CT molecular complexity index is 78.0. The average Bonchev–Trinajstić information content (AvgIpc) is 2.24. The van der Waals surface area contributed by atoms with Crippen molar-refractivity contribution in [2.45, 2.75) is 61.8 Å². The van der Waals surface area contributed by atoms with Crippen molar-refractivity contribution in [2.24, 2.45) is 0 Å². The maximum atomic E-state index is 3.36. The Kier molecular flexibility index (Phi) is 73.9. The monoisotopic (exact) mass is 186 g/mol. The maximum absolute atomic E-state index is 3.36. The molecule has 0 bridgehead atoms. The summed E-state index contributed by atoms with van der Waals surface area (Å²) in [5.74, 6) is 0. The maximum Gasteiger partial charge on any atom is -0.0352 e. The minimum absolute atomic E-state index is 1.19. The summed E-state index contributed by atoms with van der Waals surface area (Å²) in [6.07, 6.45) is 5.08. The van der Waals surface area contributed by atoms with Gasteiger partial charge in [0.2, 0.25) is 0 Å². The van der Waals surface area contributed by atoms with Gasteiger partial charge in [-0.2, -0.15) is 0 Å². The summed E-state index contributed by atoms with van der Waals surface area (Å²) < 4.78 is 0. The Morgan fingerprint density at radius 2 is 1.31 bits per heavy atom. The van der Waals surface area contributed by atoms with Crippen molar-refractivity contribution in [3.05, 3.63) is 24.3 Å². The van der Waals surface area contributed by atoms with Crippen molar-refractivity contribution < 1.29 is 0 Å². The van der Waals surface area contributed by atoms with Gasteiger partial charge in [-0.1, -0.05) is 52.3 Å². The van der Waals surface area contributed by atoms with E-state index in [1.54, 1.807) is 6.08 Å². The summed E-state index contributed by atoms with van der Waals surface area (Å²) in [5, 5.41) is 0. The smallest absolute Gasteiger partial charge is 0.0352 e. The van der Waals surface area contributed by atoms with E-state index in [-0.39, 0.29) is 0 Å². The quantitative estimate of drug-likeness (QED) is 0.467. The molecule has 13 heavy (non-hydrogen) atoms. The summed E-state index contributed by atoms with van der Waals surface area (Å²) >= 11 is 0. The Morgan fingerprint density at radius 3 is 1.31 bits per heavy atom. The molecule has 0 spiro atoms. The summed E-state index contributed by atoms with van der Waals surface area (Å²) in [5.41, 5.74) is 1.47. The van der Waals surface area contributed by atoms with E-state index >= 15 is 0 Å². The van der Waals surface area contributed by atoms with Gasteiger partial charge in [0.15, 0.2) is 0 Å². The highest BCUT2D eigenvalue weighted by atomic mass is 13.8. The van der Waals surface area contributed by atoms with E-state index in [0.29, 0.717) is 0 Å². The van der Waals surface area contributed by atoms with E-state index in [1.807, 2.05) is 34.6 Å². The lowest BCUT2D eigenvalue weighted by Crippen LogP contribution is -1.63. The summed E-state index contributed by atoms with van der Waals surface area (Å²) in [6, 6.07) is 0. The largest absolute Gasteiger partial charge is 0.103 e. The first-order valence-corrected chi connectivity index (χ1v) is 5.41. The van der Waals surface area contributed by atoms with E-state index < -0.39 is 0 Å². The molecule has 0 aliphatic rings. The molecule has 0 saturated carbocycles. The van der Waals surface area contributed by atoms with E-state index in [4.69, 9.17) is 0 Å². The van der Waals surface area contributed by atoms with Crippen LogP contribution in [0.15, 0.2) is 24.3 Å². The highest BCUT2D eigenvalue weighted by molar-refractivity contribution is 4.93. The van der Waals surface area contributed by atoms with Crippen molar-refractivity contribution in [2.75, 3.05) is 0 Å². The third-order valence-electron chi connectivity index (χ3n) is 1.05. The minimum atomic E-state index is 1.19. The van der Waals surface area contributed by atoms with Crippen LogP contribution >= 0.6 is 0 Å². The van der Waals surface area contributed by atoms with Gasteiger partial charge in [0, 0.05) is 0 Å². The lowest BCUT2D eigenvalue weighted by atomic mass is 10.2. The number of hydrogen-bond donors (Lipinski definition) is 0. The van der Waals surface area contributed by atoms with Crippen molar-refractivity contribution in [3.8, 4) is 0 Å². The number of rotatable bonds is 1. The lowest BCUT2D eigenvalue weighted by Gasteiger charge is -1.85. The van der Waals surface area contributed by atoms with Crippen LogP contribution < -0.4 is 0 Å². The van der Waals surface area contributed by atoms with Crippen LogP contribution in [-0.2, 0) is 0 Å². The normalized spacial score (nSPS) is 7.54. The van der Waals surface area contributed by atoms with Crippen LogP contribution in [0.5, 0.6) is 0 Å². The molecule has 0 heteroatoms. The van der Waals surface area contributed by atoms with Crippen molar-refractivity contribution >= 4 is 0 Å². The first kappa shape index (κ1) is 22.9. The Hall–Kier alpha value is -0.520. The summed E-state index contributed by atoms with van der Waals surface area (Å²) in [7, 11) is 0. The molecule has 0 aromatic heterocycles. The average molecular weight is 186 g/mol. The van der Waals surface area contributed by atoms with Gasteiger partial charge in [0.25, 0.3) is 0 Å². The molecule has 0 nitrogen and oxygen atoms in total. The summed E-state index contributed by atoms with van der Waals surface area (Å²) in [4.78, 5) is 0. The second-order valence-electron chi connectivity index (χ2n) is 1.90. The highest BCUT2D eigenvalue weighted by Gasteiger charge is 1.73. The molecule has 0 fully saturated rings. The zero-order valence-electron chi connectivity index (χ0n) is 11.1. The molecular formula is C13H30. The van der Waals surface area contributed by atoms with Crippen LogP contribution in [0.2, 0.25) is 0 Å². The Balaban J connectivity index is -0.0000000493. The topological polar surface area (TPSA) is 0 Å². The SMILES string of the molecule is C/C=C(\C)CC.C=CC.CC.CC. The molecule has 0 aromatic rings. The van der Waals surface area contributed by atoms with E-state index in [1.165, 1.54) is 12.0 Å². The third-order valence-corrected chi connectivity index (χ3v) is 1.05. The molecule has 82 valence electrons. The minimum Gasteiger partial charge on any atom is -0.103 e. The van der Waals surface area contributed by atoms with Crippen molar-refractivity contribution in [3.63, 3.8) is 0 Å². The van der Waals surface area contributed by atoms with E-state index in [0.717, 1.165) is 0 Å². The van der Waals surface area contributed by atoms with E-state index in [9.17, 15) is 0 Å². The van der Waals surface area contributed by atoms with Gasteiger partial charge in [0.05, 0.1) is 0 Å². The van der Waals surface area contributed by atoms with Crippen LogP contribution in [0.4, 0.5) is 0 Å². The first-order valence-electron chi connectivity index (χ1n) is 5.41. The third kappa shape index (κ3) is 85.2. The molecule has 0 N–H and O–H groups in total.